The third kappa shape index (κ3) is 3.41. The molecule has 0 radical (unpaired) electrons. The van der Waals surface area contributed by atoms with E-state index in [0.29, 0.717) is 25.7 Å². The van der Waals surface area contributed by atoms with E-state index in [1.807, 2.05) is 27.7 Å². The zero-order chi connectivity index (χ0) is 23.3. The molecule has 11 heteroatoms. The fraction of sp³-hybridized carbons (Fsp3) is 0.900. The number of rotatable bonds is 2. The van der Waals surface area contributed by atoms with Crippen LogP contribution in [0.15, 0.2) is 0 Å². The fourth-order valence-electron chi connectivity index (χ4n) is 6.67. The van der Waals surface area contributed by atoms with Gasteiger partial charge in [0.05, 0.1) is 0 Å². The molecule has 4 aliphatic carbocycles. The summed E-state index contributed by atoms with van der Waals surface area (Å²) in [6.45, 7) is 11.2. The van der Waals surface area contributed by atoms with Crippen molar-refractivity contribution in [1.29, 1.82) is 0 Å². The molecule has 4 bridgehead atoms. The molecular formula is C20H30FeO8S2. The smallest absolute Gasteiger partial charge is 0.747 e. The predicted molar refractivity (Wildman–Crippen MR) is 106 cm³/mol. The first kappa shape index (κ1) is 26.9. The molecule has 0 aromatic heterocycles. The normalized spacial score (nSPS) is 42.2. The number of carbonyl (C=O) groups is 2. The monoisotopic (exact) mass is 518 g/mol. The number of hydrogen-bond acceptors (Lipinski definition) is 8. The van der Waals surface area contributed by atoms with E-state index in [1.54, 1.807) is 13.8 Å². The van der Waals surface area contributed by atoms with Crippen LogP contribution in [0.25, 0.3) is 0 Å². The zero-order valence-electron chi connectivity index (χ0n) is 18.6. The SMILES string of the molecule is CC12CCC(C(S(=O)(=O)[O-])C1=O)C2(C)C.CC12CCC(C(S(=O)(=O)[O-])C1=O)C2(C)C.[Fe+2]. The van der Waals surface area contributed by atoms with E-state index in [2.05, 4.69) is 0 Å². The Morgan fingerprint density at radius 1 is 0.677 bits per heavy atom. The van der Waals surface area contributed by atoms with Gasteiger partial charge in [-0.2, -0.15) is 0 Å². The van der Waals surface area contributed by atoms with E-state index in [1.165, 1.54) is 0 Å². The third-order valence-electron chi connectivity index (χ3n) is 9.57. The standard InChI is InChI=1S/2C10H16O4S.Fe/c2*1-9(2)6-4-5-10(9,3)8(11)7(6)15(12,13)14;/h2*6-7H,4-5H2,1-3H3,(H,12,13,14);/q;;+2/p-2. The molecule has 4 saturated carbocycles. The minimum atomic E-state index is -4.49. The van der Waals surface area contributed by atoms with Crippen molar-refractivity contribution in [3.05, 3.63) is 0 Å². The summed E-state index contributed by atoms with van der Waals surface area (Å²) in [6, 6.07) is 0. The maximum Gasteiger partial charge on any atom is 2.00 e. The summed E-state index contributed by atoms with van der Waals surface area (Å²) >= 11 is 0. The summed E-state index contributed by atoms with van der Waals surface area (Å²) < 4.78 is 66.5. The minimum Gasteiger partial charge on any atom is -0.747 e. The zero-order valence-corrected chi connectivity index (χ0v) is 21.3. The van der Waals surface area contributed by atoms with Gasteiger partial charge in [-0.15, -0.1) is 0 Å². The average molecular weight is 518 g/mol. The van der Waals surface area contributed by atoms with Crippen LogP contribution in [0, 0.1) is 33.5 Å². The molecule has 4 aliphatic rings. The van der Waals surface area contributed by atoms with Crippen molar-refractivity contribution in [2.75, 3.05) is 0 Å². The third-order valence-corrected chi connectivity index (χ3v) is 11.9. The van der Waals surface area contributed by atoms with Crippen molar-refractivity contribution in [2.24, 2.45) is 33.5 Å². The Morgan fingerprint density at radius 3 is 1.06 bits per heavy atom. The van der Waals surface area contributed by atoms with Crippen LogP contribution in [0.1, 0.15) is 67.2 Å². The van der Waals surface area contributed by atoms with Crippen molar-refractivity contribution in [3.63, 3.8) is 0 Å². The van der Waals surface area contributed by atoms with Gasteiger partial charge in [0.2, 0.25) is 0 Å². The summed E-state index contributed by atoms with van der Waals surface area (Å²) in [5.74, 6) is -1.31. The Kier molecular flexibility index (Phi) is 6.37. The minimum absolute atomic E-state index is 0. The summed E-state index contributed by atoms with van der Waals surface area (Å²) in [5.41, 5.74) is -1.99. The molecule has 4 fully saturated rings. The number of hydrogen-bond donors (Lipinski definition) is 0. The second kappa shape index (κ2) is 7.34. The molecule has 0 N–H and O–H groups in total. The molecule has 8 nitrogen and oxygen atoms in total. The van der Waals surface area contributed by atoms with Crippen molar-refractivity contribution in [3.8, 4) is 0 Å². The molecule has 0 aromatic rings. The van der Waals surface area contributed by atoms with Crippen LogP contribution >= 0.6 is 0 Å². The first-order valence-corrected chi connectivity index (χ1v) is 13.2. The fourth-order valence-corrected chi connectivity index (χ4v) is 9.47. The quantitative estimate of drug-likeness (QED) is 0.397. The van der Waals surface area contributed by atoms with Crippen molar-refractivity contribution in [1.82, 2.24) is 0 Å². The number of ketones is 2. The van der Waals surface area contributed by atoms with Gasteiger partial charge in [0, 0.05) is 10.8 Å². The first-order chi connectivity index (χ1) is 13.2. The molecule has 0 aromatic carbocycles. The molecular weight excluding hydrogens is 488 g/mol. The molecule has 0 heterocycles. The summed E-state index contributed by atoms with van der Waals surface area (Å²) in [7, 11) is -8.98. The van der Waals surface area contributed by atoms with Crippen LogP contribution in [0.3, 0.4) is 0 Å². The van der Waals surface area contributed by atoms with Gasteiger partial charge >= 0.3 is 17.1 Å². The molecule has 4 rings (SSSR count). The molecule has 0 amide bonds. The number of carbonyl (C=O) groups excluding carboxylic acids is 2. The Balaban J connectivity index is 0.000000213. The topological polar surface area (TPSA) is 149 Å². The number of fused-ring (bicyclic) bond motifs is 4. The maximum absolute atomic E-state index is 12.0. The van der Waals surface area contributed by atoms with Crippen molar-refractivity contribution < 1.29 is 52.6 Å². The van der Waals surface area contributed by atoms with Gasteiger partial charge in [0.15, 0.2) is 11.6 Å². The van der Waals surface area contributed by atoms with E-state index >= 15 is 0 Å². The van der Waals surface area contributed by atoms with E-state index in [4.69, 9.17) is 0 Å². The van der Waals surface area contributed by atoms with Gasteiger partial charge in [-0.05, 0) is 48.3 Å². The molecule has 178 valence electrons. The second-order valence-electron chi connectivity index (χ2n) is 11.0. The number of Topliss-reactive ketones (excluding diaryl/α,β-unsaturated/α-hetero) is 2. The van der Waals surface area contributed by atoms with E-state index < -0.39 is 41.6 Å². The molecule has 6 unspecified atom stereocenters. The van der Waals surface area contributed by atoms with Gasteiger partial charge in [0.1, 0.15) is 30.7 Å². The van der Waals surface area contributed by atoms with Gasteiger partial charge < -0.3 is 9.11 Å². The molecule has 0 saturated heterocycles. The van der Waals surface area contributed by atoms with E-state index in [-0.39, 0.29) is 51.3 Å². The largest absolute Gasteiger partial charge is 2.00 e. The van der Waals surface area contributed by atoms with Gasteiger partial charge in [-0.3, -0.25) is 9.59 Å². The van der Waals surface area contributed by atoms with E-state index in [0.717, 1.165) is 0 Å². The summed E-state index contributed by atoms with van der Waals surface area (Å²) in [6.07, 6.45) is 2.74. The molecule has 6 atom stereocenters. The van der Waals surface area contributed by atoms with Crippen LogP contribution in [0.5, 0.6) is 0 Å². The Labute approximate surface area is 195 Å². The summed E-state index contributed by atoms with van der Waals surface area (Å²) in [4.78, 5) is 23.9. The Hall–Kier alpha value is -0.321. The van der Waals surface area contributed by atoms with Crippen molar-refractivity contribution in [2.45, 2.75) is 77.7 Å². The Morgan fingerprint density at radius 2 is 0.935 bits per heavy atom. The van der Waals surface area contributed by atoms with Crippen LogP contribution < -0.4 is 0 Å². The van der Waals surface area contributed by atoms with Crippen molar-refractivity contribution >= 4 is 31.8 Å². The molecule has 0 spiro atoms. The summed E-state index contributed by atoms with van der Waals surface area (Å²) in [5, 5.41) is -2.60. The van der Waals surface area contributed by atoms with Gasteiger partial charge in [-0.1, -0.05) is 41.5 Å². The van der Waals surface area contributed by atoms with Crippen LogP contribution in [0.2, 0.25) is 0 Å². The Bertz CT molecular complexity index is 934. The van der Waals surface area contributed by atoms with Crippen LogP contribution in [0.4, 0.5) is 0 Å². The van der Waals surface area contributed by atoms with E-state index in [9.17, 15) is 35.5 Å². The van der Waals surface area contributed by atoms with Gasteiger partial charge in [-0.25, -0.2) is 16.8 Å². The second-order valence-corrected chi connectivity index (χ2v) is 13.9. The van der Waals surface area contributed by atoms with Crippen LogP contribution in [-0.2, 0) is 46.9 Å². The first-order valence-electron chi connectivity index (χ1n) is 10.2. The maximum atomic E-state index is 12.0. The van der Waals surface area contributed by atoms with Gasteiger partial charge in [0.25, 0.3) is 0 Å². The molecule has 0 aliphatic heterocycles. The average Bonchev–Trinajstić information content (AvgIpc) is 3.04. The molecule has 31 heavy (non-hydrogen) atoms. The predicted octanol–water partition coefficient (Wildman–Crippen LogP) is 1.85. The van der Waals surface area contributed by atoms with Crippen LogP contribution in [-0.4, -0.2) is 48.0 Å².